The van der Waals surface area contributed by atoms with Gasteiger partial charge in [0.05, 0.1) is 0 Å². The van der Waals surface area contributed by atoms with Gasteiger partial charge in [-0.3, -0.25) is 14.4 Å². The van der Waals surface area contributed by atoms with E-state index in [2.05, 4.69) is 19.2 Å². The van der Waals surface area contributed by atoms with E-state index in [4.69, 9.17) is 9.26 Å². The van der Waals surface area contributed by atoms with Gasteiger partial charge in [0.2, 0.25) is 5.91 Å². The van der Waals surface area contributed by atoms with Gasteiger partial charge < -0.3 is 14.6 Å². The quantitative estimate of drug-likeness (QED) is 0.309. The van der Waals surface area contributed by atoms with Crippen LogP contribution in [0.4, 0.5) is 0 Å². The molecule has 1 rings (SSSR count). The van der Waals surface area contributed by atoms with Crippen LogP contribution in [0.3, 0.4) is 0 Å². The first-order valence-electron chi connectivity index (χ1n) is 9.30. The van der Waals surface area contributed by atoms with Crippen LogP contribution >= 0.6 is 0 Å². The molecule has 9 heteroatoms. The highest BCUT2D eigenvalue weighted by molar-refractivity contribution is 6.53. The maximum atomic E-state index is 11.8. The fourth-order valence-corrected chi connectivity index (χ4v) is 4.89. The Labute approximate surface area is 156 Å². The molecule has 1 fully saturated rings. The Morgan fingerprint density at radius 1 is 1.15 bits per heavy atom. The molecule has 0 saturated carbocycles. The molecule has 1 N–H and O–H groups in total. The molecular formula is C17H30N2O6Si. The first-order chi connectivity index (χ1) is 12.3. The standard InChI is InChI=1S/C17H30N2O6Si/c1-4-24-26(13(2)3)12-6-11-18-14(20)7-5-8-17(23)25-19-15(21)9-10-16(19)22/h13,26H,4-12H2,1-3H3,(H,18,20). The number of imide groups is 1. The zero-order chi connectivity index (χ0) is 19.5. The van der Waals surface area contributed by atoms with Crippen molar-refractivity contribution in [1.29, 1.82) is 0 Å². The van der Waals surface area contributed by atoms with Gasteiger partial charge in [0.1, 0.15) is 0 Å². The highest BCUT2D eigenvalue weighted by atomic mass is 28.3. The van der Waals surface area contributed by atoms with Crippen molar-refractivity contribution in [3.63, 3.8) is 0 Å². The number of hydrogen-bond acceptors (Lipinski definition) is 6. The van der Waals surface area contributed by atoms with Crippen LogP contribution in [-0.4, -0.2) is 50.9 Å². The van der Waals surface area contributed by atoms with Crippen LogP contribution < -0.4 is 5.32 Å². The van der Waals surface area contributed by atoms with E-state index in [-0.39, 0.29) is 31.6 Å². The molecule has 148 valence electrons. The topological polar surface area (TPSA) is 102 Å². The minimum atomic E-state index is -1.20. The van der Waals surface area contributed by atoms with Gasteiger partial charge in [-0.15, -0.1) is 5.06 Å². The lowest BCUT2D eigenvalue weighted by molar-refractivity contribution is -0.197. The number of hydroxylamine groups is 2. The van der Waals surface area contributed by atoms with E-state index >= 15 is 0 Å². The summed E-state index contributed by atoms with van der Waals surface area (Å²) < 4.78 is 5.79. The maximum Gasteiger partial charge on any atom is 0.333 e. The summed E-state index contributed by atoms with van der Waals surface area (Å²) >= 11 is 0. The summed E-state index contributed by atoms with van der Waals surface area (Å²) in [6.45, 7) is 7.70. The van der Waals surface area contributed by atoms with Crippen LogP contribution in [0.25, 0.3) is 0 Å². The molecular weight excluding hydrogens is 356 g/mol. The molecule has 0 radical (unpaired) electrons. The third-order valence-electron chi connectivity index (χ3n) is 4.10. The Morgan fingerprint density at radius 2 is 1.81 bits per heavy atom. The van der Waals surface area contributed by atoms with Gasteiger partial charge >= 0.3 is 5.97 Å². The van der Waals surface area contributed by atoms with Crippen LogP contribution in [0.1, 0.15) is 59.3 Å². The number of carbonyl (C=O) groups is 4. The summed E-state index contributed by atoms with van der Waals surface area (Å²) in [6.07, 6.45) is 1.52. The van der Waals surface area contributed by atoms with Crippen LogP contribution in [0.5, 0.6) is 0 Å². The highest BCUT2D eigenvalue weighted by Gasteiger charge is 2.32. The molecule has 1 aliphatic heterocycles. The van der Waals surface area contributed by atoms with E-state index in [1.807, 2.05) is 6.92 Å². The van der Waals surface area contributed by atoms with Gasteiger partial charge in [-0.05, 0) is 31.4 Å². The number of hydrogen-bond donors (Lipinski definition) is 1. The highest BCUT2D eigenvalue weighted by Crippen LogP contribution is 2.15. The third kappa shape index (κ3) is 8.09. The number of amides is 3. The van der Waals surface area contributed by atoms with E-state index in [1.54, 1.807) is 0 Å². The normalized spacial score (nSPS) is 15.5. The molecule has 1 saturated heterocycles. The van der Waals surface area contributed by atoms with E-state index in [9.17, 15) is 19.2 Å². The third-order valence-corrected chi connectivity index (χ3v) is 7.32. The molecule has 1 heterocycles. The Morgan fingerprint density at radius 3 is 2.38 bits per heavy atom. The number of nitrogens with one attached hydrogen (secondary N) is 1. The number of nitrogens with zero attached hydrogens (tertiary/aromatic N) is 1. The minimum absolute atomic E-state index is 0.0167. The first kappa shape index (κ1) is 22.3. The Bertz CT molecular complexity index is 495. The van der Waals surface area contributed by atoms with Gasteiger partial charge in [-0.25, -0.2) is 4.79 Å². The van der Waals surface area contributed by atoms with Crippen molar-refractivity contribution in [2.45, 2.75) is 70.9 Å². The SMILES string of the molecule is CCO[SiH](CCCNC(=O)CCCC(=O)ON1C(=O)CCC1=O)C(C)C. The molecule has 0 bridgehead atoms. The fourth-order valence-electron chi connectivity index (χ4n) is 2.64. The molecule has 0 spiro atoms. The molecule has 0 aromatic carbocycles. The monoisotopic (exact) mass is 386 g/mol. The zero-order valence-electron chi connectivity index (χ0n) is 15.9. The Kier molecular flexibility index (Phi) is 10.1. The minimum Gasteiger partial charge on any atom is -0.420 e. The lowest BCUT2D eigenvalue weighted by Crippen LogP contribution is -2.32. The number of carbonyl (C=O) groups excluding carboxylic acids is 4. The summed E-state index contributed by atoms with van der Waals surface area (Å²) in [4.78, 5) is 50.8. The van der Waals surface area contributed by atoms with Crippen molar-refractivity contribution in [3.8, 4) is 0 Å². The van der Waals surface area contributed by atoms with Gasteiger partial charge in [-0.1, -0.05) is 13.8 Å². The molecule has 1 unspecified atom stereocenters. The second-order valence-corrected chi connectivity index (χ2v) is 9.95. The van der Waals surface area contributed by atoms with Crippen LogP contribution in [0.15, 0.2) is 0 Å². The van der Waals surface area contributed by atoms with Crippen molar-refractivity contribution in [2.75, 3.05) is 13.2 Å². The fraction of sp³-hybridized carbons (Fsp3) is 0.765. The van der Waals surface area contributed by atoms with Gasteiger partial charge in [0, 0.05) is 38.8 Å². The molecule has 3 amide bonds. The van der Waals surface area contributed by atoms with E-state index < -0.39 is 26.8 Å². The van der Waals surface area contributed by atoms with Gasteiger partial charge in [-0.2, -0.15) is 0 Å². The van der Waals surface area contributed by atoms with E-state index in [0.29, 0.717) is 23.6 Å². The zero-order valence-corrected chi connectivity index (χ0v) is 17.1. The molecule has 0 aromatic heterocycles. The lowest BCUT2D eigenvalue weighted by atomic mass is 10.2. The summed E-state index contributed by atoms with van der Waals surface area (Å²) in [5.41, 5.74) is 0.575. The van der Waals surface area contributed by atoms with Crippen LogP contribution in [-0.2, 0) is 28.4 Å². The van der Waals surface area contributed by atoms with Crippen LogP contribution in [0.2, 0.25) is 11.6 Å². The maximum absolute atomic E-state index is 11.8. The summed E-state index contributed by atoms with van der Waals surface area (Å²) in [5, 5.41) is 3.36. The second-order valence-electron chi connectivity index (χ2n) is 6.63. The predicted molar refractivity (Wildman–Crippen MR) is 97.3 cm³/mol. The van der Waals surface area contributed by atoms with E-state index in [0.717, 1.165) is 19.1 Å². The molecule has 1 aliphatic rings. The van der Waals surface area contributed by atoms with Gasteiger partial charge in [0.15, 0.2) is 9.04 Å². The van der Waals surface area contributed by atoms with Crippen molar-refractivity contribution in [1.82, 2.24) is 10.4 Å². The van der Waals surface area contributed by atoms with Crippen molar-refractivity contribution in [2.24, 2.45) is 0 Å². The summed E-state index contributed by atoms with van der Waals surface area (Å²) in [7, 11) is -1.20. The van der Waals surface area contributed by atoms with Crippen LogP contribution in [0, 0.1) is 0 Å². The average molecular weight is 387 g/mol. The summed E-state index contributed by atoms with van der Waals surface area (Å²) in [5.74, 6) is -1.80. The smallest absolute Gasteiger partial charge is 0.333 e. The Hall–Kier alpha value is -1.74. The van der Waals surface area contributed by atoms with E-state index in [1.165, 1.54) is 0 Å². The molecule has 0 aromatic rings. The number of rotatable bonds is 12. The summed E-state index contributed by atoms with van der Waals surface area (Å²) in [6, 6.07) is 1.02. The van der Waals surface area contributed by atoms with Crippen molar-refractivity contribution < 1.29 is 28.4 Å². The predicted octanol–water partition coefficient (Wildman–Crippen LogP) is 1.44. The largest absolute Gasteiger partial charge is 0.420 e. The van der Waals surface area contributed by atoms with Gasteiger partial charge in [0.25, 0.3) is 11.8 Å². The molecule has 1 atom stereocenters. The molecule has 26 heavy (non-hydrogen) atoms. The second kappa shape index (κ2) is 11.8. The molecule has 8 nitrogen and oxygen atoms in total. The average Bonchev–Trinajstić information content (AvgIpc) is 2.89. The lowest BCUT2D eigenvalue weighted by Gasteiger charge is -2.18. The first-order valence-corrected chi connectivity index (χ1v) is 11.3. The Balaban J connectivity index is 2.12. The van der Waals surface area contributed by atoms with Crippen molar-refractivity contribution >= 4 is 32.7 Å². The molecule has 0 aliphatic carbocycles. The van der Waals surface area contributed by atoms with Crippen molar-refractivity contribution in [3.05, 3.63) is 0 Å².